The largest absolute Gasteiger partial charge is 0.497 e. The van der Waals surface area contributed by atoms with Crippen molar-refractivity contribution in [2.24, 2.45) is 0 Å². The molecule has 1 saturated carbocycles. The molecule has 0 unspecified atom stereocenters. The third kappa shape index (κ3) is 1.41. The van der Waals surface area contributed by atoms with Crippen molar-refractivity contribution in [2.75, 3.05) is 19.0 Å². The molecule has 1 N–H and O–H groups in total. The van der Waals surface area contributed by atoms with Gasteiger partial charge in [0, 0.05) is 23.9 Å². The van der Waals surface area contributed by atoms with Gasteiger partial charge in [-0.3, -0.25) is 0 Å². The van der Waals surface area contributed by atoms with Crippen LogP contribution in [0.3, 0.4) is 0 Å². The molecule has 0 aromatic heterocycles. The lowest BCUT2D eigenvalue weighted by Crippen LogP contribution is -2.11. The molecule has 1 aliphatic heterocycles. The van der Waals surface area contributed by atoms with Crippen LogP contribution in [-0.2, 0) is 5.41 Å². The number of nitrogens with one attached hydrogen (secondary N) is 1. The molecule has 1 aromatic rings. The van der Waals surface area contributed by atoms with Gasteiger partial charge in [0.25, 0.3) is 0 Å². The highest BCUT2D eigenvalue weighted by Gasteiger charge is 2.41. The van der Waals surface area contributed by atoms with E-state index in [9.17, 15) is 0 Å². The third-order valence-electron chi connectivity index (χ3n) is 3.73. The molecule has 0 saturated heterocycles. The first-order valence-electron chi connectivity index (χ1n) is 5.86. The Kier molecular flexibility index (Phi) is 2.00. The van der Waals surface area contributed by atoms with Gasteiger partial charge in [-0.25, -0.2) is 0 Å². The van der Waals surface area contributed by atoms with Crippen molar-refractivity contribution in [3.05, 3.63) is 29.3 Å². The highest BCUT2D eigenvalue weighted by Crippen LogP contribution is 2.51. The fourth-order valence-electron chi connectivity index (χ4n) is 2.37. The Morgan fingerprint density at radius 3 is 2.81 bits per heavy atom. The summed E-state index contributed by atoms with van der Waals surface area (Å²) in [6, 6.07) is 4.29. The summed E-state index contributed by atoms with van der Waals surface area (Å²) in [7, 11) is 1.74. The third-order valence-corrected chi connectivity index (χ3v) is 3.73. The van der Waals surface area contributed by atoms with Gasteiger partial charge in [0.05, 0.1) is 7.11 Å². The van der Waals surface area contributed by atoms with Crippen LogP contribution < -0.4 is 10.1 Å². The summed E-state index contributed by atoms with van der Waals surface area (Å²) in [5, 5.41) is 3.41. The molecule has 2 heteroatoms. The maximum Gasteiger partial charge on any atom is 0.121 e. The minimum atomic E-state index is 0.377. The van der Waals surface area contributed by atoms with Gasteiger partial charge in [0.2, 0.25) is 0 Å². The maximum atomic E-state index is 5.38. The van der Waals surface area contributed by atoms with Crippen LogP contribution in [0.4, 0.5) is 5.69 Å². The normalized spacial score (nSPS) is 19.9. The SMILES string of the molecule is COc1cc2c(c(C3(C)CC3)c1)C=CCN2. The number of hydrogen-bond acceptors (Lipinski definition) is 2. The van der Waals surface area contributed by atoms with Crippen molar-refractivity contribution >= 4 is 11.8 Å². The van der Waals surface area contributed by atoms with Crippen LogP contribution in [0.15, 0.2) is 18.2 Å². The lowest BCUT2D eigenvalue weighted by atomic mass is 9.90. The first kappa shape index (κ1) is 9.76. The van der Waals surface area contributed by atoms with Crippen molar-refractivity contribution in [3.63, 3.8) is 0 Å². The molecule has 1 aliphatic carbocycles. The lowest BCUT2D eigenvalue weighted by Gasteiger charge is -2.21. The van der Waals surface area contributed by atoms with E-state index in [4.69, 9.17) is 4.74 Å². The Morgan fingerprint density at radius 1 is 1.31 bits per heavy atom. The van der Waals surface area contributed by atoms with Crippen LogP contribution in [0, 0.1) is 0 Å². The molecule has 0 amide bonds. The minimum Gasteiger partial charge on any atom is -0.497 e. The average Bonchev–Trinajstić information content (AvgIpc) is 3.07. The monoisotopic (exact) mass is 215 g/mol. The van der Waals surface area contributed by atoms with Gasteiger partial charge >= 0.3 is 0 Å². The summed E-state index contributed by atoms with van der Waals surface area (Å²) in [5.41, 5.74) is 4.38. The highest BCUT2D eigenvalue weighted by atomic mass is 16.5. The van der Waals surface area contributed by atoms with E-state index in [0.29, 0.717) is 5.41 Å². The van der Waals surface area contributed by atoms with Gasteiger partial charge in [0.15, 0.2) is 0 Å². The number of benzene rings is 1. The number of ether oxygens (including phenoxy) is 1. The molecule has 3 rings (SSSR count). The molecular weight excluding hydrogens is 198 g/mol. The van der Waals surface area contributed by atoms with Gasteiger partial charge in [-0.2, -0.15) is 0 Å². The summed E-state index contributed by atoms with van der Waals surface area (Å²) < 4.78 is 5.38. The Morgan fingerprint density at radius 2 is 2.12 bits per heavy atom. The van der Waals surface area contributed by atoms with Crippen LogP contribution in [0.5, 0.6) is 5.75 Å². The molecule has 1 fully saturated rings. The van der Waals surface area contributed by atoms with E-state index in [1.807, 2.05) is 0 Å². The van der Waals surface area contributed by atoms with Gasteiger partial charge in [-0.15, -0.1) is 0 Å². The summed E-state index contributed by atoms with van der Waals surface area (Å²) >= 11 is 0. The first-order chi connectivity index (χ1) is 7.73. The fraction of sp³-hybridized carbons (Fsp3) is 0.429. The standard InChI is InChI=1S/C14H17NO/c1-14(5-6-14)12-8-10(16-2)9-13-11(12)4-3-7-15-13/h3-4,8-9,15H,5-7H2,1-2H3. The molecule has 16 heavy (non-hydrogen) atoms. The fourth-order valence-corrected chi connectivity index (χ4v) is 2.37. The first-order valence-corrected chi connectivity index (χ1v) is 5.86. The second-order valence-corrected chi connectivity index (χ2v) is 4.98. The van der Waals surface area contributed by atoms with Gasteiger partial charge in [0.1, 0.15) is 5.75 Å². The molecule has 0 atom stereocenters. The summed E-state index contributed by atoms with van der Waals surface area (Å²) in [4.78, 5) is 0. The molecule has 0 radical (unpaired) electrons. The molecule has 1 heterocycles. The number of fused-ring (bicyclic) bond motifs is 1. The maximum absolute atomic E-state index is 5.38. The van der Waals surface area contributed by atoms with E-state index in [1.165, 1.54) is 29.7 Å². The second-order valence-electron chi connectivity index (χ2n) is 4.98. The zero-order valence-corrected chi connectivity index (χ0v) is 9.84. The molecule has 0 bridgehead atoms. The second kappa shape index (κ2) is 3.27. The zero-order chi connectivity index (χ0) is 11.2. The van der Waals surface area contributed by atoms with Gasteiger partial charge in [-0.05, 0) is 29.9 Å². The number of rotatable bonds is 2. The molecule has 2 nitrogen and oxygen atoms in total. The van der Waals surface area contributed by atoms with Crippen LogP contribution >= 0.6 is 0 Å². The minimum absolute atomic E-state index is 0.377. The predicted octanol–water partition coefficient (Wildman–Crippen LogP) is 3.19. The number of hydrogen-bond donors (Lipinski definition) is 1. The Balaban J connectivity index is 2.18. The van der Waals surface area contributed by atoms with E-state index < -0.39 is 0 Å². The van der Waals surface area contributed by atoms with Crippen LogP contribution in [0.2, 0.25) is 0 Å². The Hall–Kier alpha value is -1.44. The van der Waals surface area contributed by atoms with E-state index in [0.717, 1.165) is 12.3 Å². The zero-order valence-electron chi connectivity index (χ0n) is 9.84. The van der Waals surface area contributed by atoms with Crippen molar-refractivity contribution in [1.29, 1.82) is 0 Å². The lowest BCUT2D eigenvalue weighted by molar-refractivity contribution is 0.414. The molecule has 2 aliphatic rings. The van der Waals surface area contributed by atoms with E-state index >= 15 is 0 Å². The molecule has 1 aromatic carbocycles. The van der Waals surface area contributed by atoms with Crippen molar-refractivity contribution < 1.29 is 4.74 Å². The number of methoxy groups -OCH3 is 1. The van der Waals surface area contributed by atoms with Crippen LogP contribution in [0.25, 0.3) is 6.08 Å². The predicted molar refractivity (Wildman–Crippen MR) is 67.1 cm³/mol. The van der Waals surface area contributed by atoms with E-state index in [-0.39, 0.29) is 0 Å². The average molecular weight is 215 g/mol. The Labute approximate surface area is 96.3 Å². The summed E-state index contributed by atoms with van der Waals surface area (Å²) in [6.07, 6.45) is 7.01. The van der Waals surface area contributed by atoms with Gasteiger partial charge < -0.3 is 10.1 Å². The Bertz CT molecular complexity index is 458. The van der Waals surface area contributed by atoms with Crippen LogP contribution in [-0.4, -0.2) is 13.7 Å². The molecular formula is C14H17NO. The van der Waals surface area contributed by atoms with Crippen LogP contribution in [0.1, 0.15) is 30.9 Å². The smallest absolute Gasteiger partial charge is 0.121 e. The number of anilines is 1. The summed E-state index contributed by atoms with van der Waals surface area (Å²) in [5.74, 6) is 0.963. The molecule has 84 valence electrons. The quantitative estimate of drug-likeness (QED) is 0.818. The van der Waals surface area contributed by atoms with Crippen molar-refractivity contribution in [1.82, 2.24) is 0 Å². The summed E-state index contributed by atoms with van der Waals surface area (Å²) in [6.45, 7) is 3.25. The van der Waals surface area contributed by atoms with E-state index in [2.05, 4.69) is 36.5 Å². The van der Waals surface area contributed by atoms with Gasteiger partial charge in [-0.1, -0.05) is 19.1 Å². The van der Waals surface area contributed by atoms with E-state index in [1.54, 1.807) is 7.11 Å². The highest BCUT2D eigenvalue weighted by molar-refractivity contribution is 5.75. The topological polar surface area (TPSA) is 21.3 Å². The molecule has 0 spiro atoms. The van der Waals surface area contributed by atoms with Crippen molar-refractivity contribution in [2.45, 2.75) is 25.2 Å². The van der Waals surface area contributed by atoms with Crippen molar-refractivity contribution in [3.8, 4) is 5.75 Å².